The number of carbonyl (C=O) groups is 1. The van der Waals surface area contributed by atoms with Gasteiger partial charge in [-0.2, -0.15) is 0 Å². The third kappa shape index (κ3) is 5.57. The van der Waals surface area contributed by atoms with Crippen molar-refractivity contribution in [2.75, 3.05) is 27.4 Å². The molecule has 2 aromatic carbocycles. The zero-order chi connectivity index (χ0) is 19.8. The first-order valence-corrected chi connectivity index (χ1v) is 9.55. The van der Waals surface area contributed by atoms with Crippen LogP contribution in [0.4, 0.5) is 0 Å². The van der Waals surface area contributed by atoms with Crippen LogP contribution in [0, 0.1) is 5.41 Å². The van der Waals surface area contributed by atoms with Crippen molar-refractivity contribution in [3.8, 4) is 11.5 Å². The molecule has 150 valence electrons. The van der Waals surface area contributed by atoms with E-state index in [1.807, 2.05) is 48.5 Å². The quantitative estimate of drug-likeness (QED) is 0.615. The van der Waals surface area contributed by atoms with Gasteiger partial charge >= 0.3 is 0 Å². The second-order valence-corrected chi connectivity index (χ2v) is 7.40. The molecule has 0 saturated heterocycles. The maximum absolute atomic E-state index is 11.9. The number of benzene rings is 2. The lowest BCUT2D eigenvalue weighted by Crippen LogP contribution is -2.30. The first-order valence-electron chi connectivity index (χ1n) is 9.55. The van der Waals surface area contributed by atoms with E-state index < -0.39 is 0 Å². The summed E-state index contributed by atoms with van der Waals surface area (Å²) in [7, 11) is 3.30. The van der Waals surface area contributed by atoms with Crippen molar-refractivity contribution in [3.63, 3.8) is 0 Å². The van der Waals surface area contributed by atoms with Crippen LogP contribution in [-0.2, 0) is 27.5 Å². The Hall–Kier alpha value is -2.37. The minimum absolute atomic E-state index is 0.226. The maximum atomic E-state index is 11.9. The molecular formula is C23H28O5. The second kappa shape index (κ2) is 9.71. The average molecular weight is 384 g/mol. The lowest BCUT2D eigenvalue weighted by atomic mass is 9.88. The molecule has 0 aliphatic heterocycles. The number of hydrogen-bond donors (Lipinski definition) is 0. The summed E-state index contributed by atoms with van der Waals surface area (Å²) in [4.78, 5) is 11.9. The zero-order valence-electron chi connectivity index (χ0n) is 16.6. The fraction of sp³-hybridized carbons (Fsp3) is 0.435. The van der Waals surface area contributed by atoms with Gasteiger partial charge in [0.25, 0.3) is 0 Å². The first kappa shape index (κ1) is 20.4. The van der Waals surface area contributed by atoms with Gasteiger partial charge in [0.2, 0.25) is 0 Å². The fourth-order valence-corrected chi connectivity index (χ4v) is 3.50. The third-order valence-corrected chi connectivity index (χ3v) is 5.18. The minimum atomic E-state index is -0.226. The Kier molecular flexibility index (Phi) is 7.06. The monoisotopic (exact) mass is 384 g/mol. The number of ketones is 1. The van der Waals surface area contributed by atoms with E-state index in [-0.39, 0.29) is 5.41 Å². The molecule has 0 radical (unpaired) electrons. The van der Waals surface area contributed by atoms with Crippen LogP contribution >= 0.6 is 0 Å². The van der Waals surface area contributed by atoms with Crippen LogP contribution in [0.1, 0.15) is 30.4 Å². The Morgan fingerprint density at radius 2 is 1.25 bits per heavy atom. The van der Waals surface area contributed by atoms with E-state index in [1.54, 1.807) is 14.2 Å². The Morgan fingerprint density at radius 3 is 1.61 bits per heavy atom. The van der Waals surface area contributed by atoms with Crippen molar-refractivity contribution in [2.24, 2.45) is 5.41 Å². The minimum Gasteiger partial charge on any atom is -0.497 e. The van der Waals surface area contributed by atoms with Crippen molar-refractivity contribution in [3.05, 3.63) is 59.7 Å². The molecule has 0 atom stereocenters. The summed E-state index contributed by atoms with van der Waals surface area (Å²) in [6.45, 7) is 2.07. The molecule has 3 rings (SSSR count). The van der Waals surface area contributed by atoms with E-state index >= 15 is 0 Å². The van der Waals surface area contributed by atoms with Gasteiger partial charge in [0.05, 0.1) is 40.6 Å². The molecule has 0 amide bonds. The standard InChI is InChI=1S/C23H28O5/c1-25-21-7-3-18(4-8-21)14-27-16-23(12-11-20(24)13-23)17-28-15-19-5-9-22(26-2)10-6-19/h3-10H,11-17H2,1-2H3. The van der Waals surface area contributed by atoms with Crippen molar-refractivity contribution >= 4 is 5.78 Å². The number of ether oxygens (including phenoxy) is 4. The highest BCUT2D eigenvalue weighted by atomic mass is 16.5. The van der Waals surface area contributed by atoms with E-state index in [9.17, 15) is 4.79 Å². The summed E-state index contributed by atoms with van der Waals surface area (Å²) in [5, 5.41) is 0. The molecular weight excluding hydrogens is 356 g/mol. The molecule has 1 aliphatic rings. The lowest BCUT2D eigenvalue weighted by Gasteiger charge is -2.27. The summed E-state index contributed by atoms with van der Waals surface area (Å²) >= 11 is 0. The van der Waals surface area contributed by atoms with Crippen LogP contribution in [-0.4, -0.2) is 33.2 Å². The van der Waals surface area contributed by atoms with Gasteiger partial charge in [0, 0.05) is 18.3 Å². The summed E-state index contributed by atoms with van der Waals surface area (Å²) in [5.41, 5.74) is 1.94. The largest absolute Gasteiger partial charge is 0.497 e. The predicted octanol–water partition coefficient (Wildman–Crippen LogP) is 4.18. The lowest BCUT2D eigenvalue weighted by molar-refractivity contribution is -0.119. The normalized spacial score (nSPS) is 15.6. The number of rotatable bonds is 10. The Bertz CT molecular complexity index is 698. The van der Waals surface area contributed by atoms with Crippen molar-refractivity contribution in [1.29, 1.82) is 0 Å². The smallest absolute Gasteiger partial charge is 0.133 e. The van der Waals surface area contributed by atoms with Crippen LogP contribution in [0.3, 0.4) is 0 Å². The Balaban J connectivity index is 1.50. The molecule has 5 heteroatoms. The molecule has 0 unspecified atom stereocenters. The van der Waals surface area contributed by atoms with Crippen LogP contribution in [0.5, 0.6) is 11.5 Å². The van der Waals surface area contributed by atoms with Gasteiger partial charge < -0.3 is 18.9 Å². The SMILES string of the molecule is COc1ccc(COCC2(COCc3ccc(OC)cc3)CCC(=O)C2)cc1. The van der Waals surface area contributed by atoms with Crippen molar-refractivity contribution in [2.45, 2.75) is 32.5 Å². The summed E-state index contributed by atoms with van der Waals surface area (Å²) in [5.74, 6) is 1.95. The highest BCUT2D eigenvalue weighted by molar-refractivity contribution is 5.81. The summed E-state index contributed by atoms with van der Waals surface area (Å²) < 4.78 is 22.3. The molecule has 0 heterocycles. The number of Topliss-reactive ketones (excluding diaryl/α,β-unsaturated/α-hetero) is 1. The molecule has 1 fully saturated rings. The molecule has 1 saturated carbocycles. The van der Waals surface area contributed by atoms with E-state index in [2.05, 4.69) is 0 Å². The zero-order valence-corrected chi connectivity index (χ0v) is 16.6. The molecule has 1 aliphatic carbocycles. The van der Waals surface area contributed by atoms with Gasteiger partial charge in [-0.1, -0.05) is 24.3 Å². The van der Waals surface area contributed by atoms with Gasteiger partial charge in [-0.15, -0.1) is 0 Å². The van der Waals surface area contributed by atoms with E-state index in [0.717, 1.165) is 29.0 Å². The number of hydrogen-bond acceptors (Lipinski definition) is 5. The van der Waals surface area contributed by atoms with Crippen LogP contribution in [0.2, 0.25) is 0 Å². The Morgan fingerprint density at radius 1 is 0.786 bits per heavy atom. The number of methoxy groups -OCH3 is 2. The highest BCUT2D eigenvalue weighted by Crippen LogP contribution is 2.37. The molecule has 28 heavy (non-hydrogen) atoms. The molecule has 5 nitrogen and oxygen atoms in total. The average Bonchev–Trinajstić information content (AvgIpc) is 3.10. The third-order valence-electron chi connectivity index (χ3n) is 5.18. The first-order chi connectivity index (χ1) is 13.6. The van der Waals surface area contributed by atoms with Crippen LogP contribution in [0.25, 0.3) is 0 Å². The van der Waals surface area contributed by atoms with E-state index in [4.69, 9.17) is 18.9 Å². The summed E-state index contributed by atoms with van der Waals surface area (Å²) in [6.07, 6.45) is 1.95. The molecule has 0 bridgehead atoms. The molecule has 2 aromatic rings. The predicted molar refractivity (Wildman–Crippen MR) is 107 cm³/mol. The Labute approximate surface area is 166 Å². The van der Waals surface area contributed by atoms with Crippen molar-refractivity contribution in [1.82, 2.24) is 0 Å². The van der Waals surface area contributed by atoms with E-state index in [0.29, 0.717) is 45.1 Å². The molecule has 0 N–H and O–H groups in total. The summed E-state index contributed by atoms with van der Waals surface area (Å²) in [6, 6.07) is 15.7. The topological polar surface area (TPSA) is 54.0 Å². The van der Waals surface area contributed by atoms with Gasteiger partial charge in [-0.05, 0) is 41.8 Å². The van der Waals surface area contributed by atoms with Gasteiger partial charge in [0.15, 0.2) is 0 Å². The fourth-order valence-electron chi connectivity index (χ4n) is 3.50. The van der Waals surface area contributed by atoms with Crippen LogP contribution < -0.4 is 9.47 Å². The van der Waals surface area contributed by atoms with Gasteiger partial charge in [0.1, 0.15) is 17.3 Å². The van der Waals surface area contributed by atoms with Crippen molar-refractivity contribution < 1.29 is 23.7 Å². The van der Waals surface area contributed by atoms with Gasteiger partial charge in [-0.3, -0.25) is 4.79 Å². The van der Waals surface area contributed by atoms with E-state index in [1.165, 1.54) is 0 Å². The highest BCUT2D eigenvalue weighted by Gasteiger charge is 2.39. The van der Waals surface area contributed by atoms with Gasteiger partial charge in [-0.25, -0.2) is 0 Å². The second-order valence-electron chi connectivity index (χ2n) is 7.40. The van der Waals surface area contributed by atoms with Crippen LogP contribution in [0.15, 0.2) is 48.5 Å². The number of carbonyl (C=O) groups excluding carboxylic acids is 1. The molecule has 0 spiro atoms. The molecule has 0 aromatic heterocycles. The maximum Gasteiger partial charge on any atom is 0.133 e.